The van der Waals surface area contributed by atoms with Gasteiger partial charge in [0.15, 0.2) is 0 Å². The summed E-state index contributed by atoms with van der Waals surface area (Å²) in [5.41, 5.74) is 5.92. The molecule has 4 heteroatoms. The standard InChI is InChI=1S/C18H20N4/c1-12-3-5-13(6-4-12)14-7-16-17(10-20-18(16)19-8-14)15-9-21-22(2)11-15/h5,7-12H,3-4,6H2,1-2H3,(H,19,20). The zero-order chi connectivity index (χ0) is 15.1. The zero-order valence-corrected chi connectivity index (χ0v) is 13.0. The van der Waals surface area contributed by atoms with Crippen molar-refractivity contribution >= 4 is 16.6 Å². The Kier molecular flexibility index (Phi) is 3.10. The molecule has 3 aromatic rings. The second kappa shape index (κ2) is 5.13. The molecule has 4 nitrogen and oxygen atoms in total. The first kappa shape index (κ1) is 13.3. The smallest absolute Gasteiger partial charge is 0.137 e. The van der Waals surface area contributed by atoms with Crippen molar-refractivity contribution in [2.75, 3.05) is 0 Å². The number of nitrogens with zero attached hydrogens (tertiary/aromatic N) is 3. The monoisotopic (exact) mass is 292 g/mol. The molecule has 1 atom stereocenters. The third kappa shape index (κ3) is 2.25. The first-order chi connectivity index (χ1) is 10.7. The first-order valence-electron chi connectivity index (χ1n) is 7.86. The molecule has 4 rings (SSSR count). The molecule has 0 saturated carbocycles. The number of allylic oxidation sites excluding steroid dienone is 2. The van der Waals surface area contributed by atoms with Crippen LogP contribution >= 0.6 is 0 Å². The lowest BCUT2D eigenvalue weighted by Gasteiger charge is -2.18. The molecule has 0 bridgehead atoms. The number of rotatable bonds is 2. The molecular formula is C18H20N4. The van der Waals surface area contributed by atoms with Gasteiger partial charge in [-0.15, -0.1) is 0 Å². The van der Waals surface area contributed by atoms with E-state index >= 15 is 0 Å². The molecule has 112 valence electrons. The highest BCUT2D eigenvalue weighted by Gasteiger charge is 2.14. The number of hydrogen-bond acceptors (Lipinski definition) is 2. The van der Waals surface area contributed by atoms with Crippen molar-refractivity contribution < 1.29 is 0 Å². The predicted molar refractivity (Wildman–Crippen MR) is 89.3 cm³/mol. The number of nitrogens with one attached hydrogen (secondary N) is 1. The average molecular weight is 292 g/mol. The van der Waals surface area contributed by atoms with E-state index in [2.05, 4.69) is 34.1 Å². The van der Waals surface area contributed by atoms with Gasteiger partial charge in [0, 0.05) is 42.2 Å². The highest BCUT2D eigenvalue weighted by atomic mass is 15.2. The van der Waals surface area contributed by atoms with E-state index in [0.29, 0.717) is 0 Å². The van der Waals surface area contributed by atoms with Gasteiger partial charge in [-0.2, -0.15) is 5.10 Å². The van der Waals surface area contributed by atoms with Crippen LogP contribution in [0.3, 0.4) is 0 Å². The predicted octanol–water partition coefficient (Wildman–Crippen LogP) is 4.17. The molecule has 0 aliphatic heterocycles. The van der Waals surface area contributed by atoms with E-state index in [0.717, 1.165) is 23.5 Å². The second-order valence-electron chi connectivity index (χ2n) is 6.33. The lowest BCUT2D eigenvalue weighted by molar-refractivity contribution is 0.534. The fourth-order valence-corrected chi connectivity index (χ4v) is 3.21. The minimum Gasteiger partial charge on any atom is -0.346 e. The van der Waals surface area contributed by atoms with Crippen molar-refractivity contribution in [3.05, 3.63) is 42.5 Å². The van der Waals surface area contributed by atoms with Crippen molar-refractivity contribution in [2.24, 2.45) is 13.0 Å². The van der Waals surface area contributed by atoms with Gasteiger partial charge < -0.3 is 4.98 Å². The van der Waals surface area contributed by atoms with Crippen LogP contribution < -0.4 is 0 Å². The Morgan fingerprint density at radius 3 is 2.91 bits per heavy atom. The molecule has 1 unspecified atom stereocenters. The SMILES string of the molecule is CC1CC=C(c2cnc3[nH]cc(-c4cnn(C)c4)c3c2)CC1. The Bertz CT molecular complexity index is 853. The Balaban J connectivity index is 1.80. The normalized spacial score (nSPS) is 18.6. The van der Waals surface area contributed by atoms with Crippen molar-refractivity contribution in [2.45, 2.75) is 26.2 Å². The third-order valence-electron chi connectivity index (χ3n) is 4.59. The highest BCUT2D eigenvalue weighted by molar-refractivity contribution is 5.94. The van der Waals surface area contributed by atoms with Gasteiger partial charge in [-0.1, -0.05) is 13.0 Å². The Morgan fingerprint density at radius 1 is 1.27 bits per heavy atom. The summed E-state index contributed by atoms with van der Waals surface area (Å²) < 4.78 is 1.83. The van der Waals surface area contributed by atoms with Crippen molar-refractivity contribution in [3.63, 3.8) is 0 Å². The van der Waals surface area contributed by atoms with Crippen LogP contribution in [-0.2, 0) is 7.05 Å². The average Bonchev–Trinajstić information content (AvgIpc) is 3.13. The number of aryl methyl sites for hydroxylation is 1. The molecule has 0 spiro atoms. The molecular weight excluding hydrogens is 272 g/mol. The third-order valence-corrected chi connectivity index (χ3v) is 4.59. The number of hydrogen-bond donors (Lipinski definition) is 1. The van der Waals surface area contributed by atoms with Crippen LogP contribution in [0.1, 0.15) is 31.7 Å². The van der Waals surface area contributed by atoms with E-state index in [9.17, 15) is 0 Å². The quantitative estimate of drug-likeness (QED) is 0.770. The van der Waals surface area contributed by atoms with E-state index in [1.165, 1.54) is 34.9 Å². The number of pyridine rings is 1. The molecule has 0 aromatic carbocycles. The molecule has 3 aromatic heterocycles. The molecule has 0 amide bonds. The molecule has 0 saturated heterocycles. The van der Waals surface area contributed by atoms with Gasteiger partial charge in [-0.05, 0) is 42.4 Å². The van der Waals surface area contributed by atoms with Crippen LogP contribution in [-0.4, -0.2) is 19.7 Å². The molecule has 1 N–H and O–H groups in total. The van der Waals surface area contributed by atoms with Gasteiger partial charge >= 0.3 is 0 Å². The molecule has 3 heterocycles. The lowest BCUT2D eigenvalue weighted by atomic mass is 9.88. The highest BCUT2D eigenvalue weighted by Crippen LogP contribution is 2.33. The molecule has 1 aliphatic carbocycles. The Labute approximate surface area is 129 Å². The molecule has 0 fully saturated rings. The minimum atomic E-state index is 0.804. The van der Waals surface area contributed by atoms with Crippen LogP contribution in [0.25, 0.3) is 27.7 Å². The van der Waals surface area contributed by atoms with E-state index in [4.69, 9.17) is 0 Å². The van der Waals surface area contributed by atoms with E-state index in [1.54, 1.807) is 0 Å². The van der Waals surface area contributed by atoms with E-state index in [1.807, 2.05) is 36.5 Å². The maximum atomic E-state index is 4.60. The number of aromatic nitrogens is 4. The summed E-state index contributed by atoms with van der Waals surface area (Å²) in [6.07, 6.45) is 13.9. The Morgan fingerprint density at radius 2 is 2.18 bits per heavy atom. The summed E-state index contributed by atoms with van der Waals surface area (Å²) in [5.74, 6) is 0.804. The topological polar surface area (TPSA) is 46.5 Å². The largest absolute Gasteiger partial charge is 0.346 e. The molecule has 22 heavy (non-hydrogen) atoms. The summed E-state index contributed by atoms with van der Waals surface area (Å²) in [6.45, 7) is 2.32. The van der Waals surface area contributed by atoms with E-state index in [-0.39, 0.29) is 0 Å². The number of aromatic amines is 1. The van der Waals surface area contributed by atoms with Gasteiger partial charge in [0.1, 0.15) is 5.65 Å². The summed E-state index contributed by atoms with van der Waals surface area (Å²) >= 11 is 0. The van der Waals surface area contributed by atoms with Crippen LogP contribution in [0.15, 0.2) is 36.9 Å². The summed E-state index contributed by atoms with van der Waals surface area (Å²) in [6, 6.07) is 2.27. The zero-order valence-electron chi connectivity index (χ0n) is 13.0. The maximum Gasteiger partial charge on any atom is 0.137 e. The van der Waals surface area contributed by atoms with E-state index < -0.39 is 0 Å². The van der Waals surface area contributed by atoms with Gasteiger partial charge in [0.05, 0.1) is 6.20 Å². The van der Waals surface area contributed by atoms with Gasteiger partial charge in [-0.3, -0.25) is 4.68 Å². The first-order valence-corrected chi connectivity index (χ1v) is 7.86. The molecule has 1 aliphatic rings. The second-order valence-corrected chi connectivity index (χ2v) is 6.33. The lowest BCUT2D eigenvalue weighted by Crippen LogP contribution is -2.01. The maximum absolute atomic E-state index is 4.60. The van der Waals surface area contributed by atoms with Gasteiger partial charge in [-0.25, -0.2) is 4.98 Å². The Hall–Kier alpha value is -2.36. The minimum absolute atomic E-state index is 0.804. The summed E-state index contributed by atoms with van der Waals surface area (Å²) in [7, 11) is 1.94. The number of H-pyrrole nitrogens is 1. The summed E-state index contributed by atoms with van der Waals surface area (Å²) in [5, 5.41) is 5.44. The van der Waals surface area contributed by atoms with Crippen LogP contribution in [0, 0.1) is 5.92 Å². The fraction of sp³-hybridized carbons (Fsp3) is 0.333. The van der Waals surface area contributed by atoms with Gasteiger partial charge in [0.2, 0.25) is 0 Å². The van der Waals surface area contributed by atoms with Crippen LogP contribution in [0.5, 0.6) is 0 Å². The van der Waals surface area contributed by atoms with Crippen molar-refractivity contribution in [1.82, 2.24) is 19.7 Å². The van der Waals surface area contributed by atoms with Crippen molar-refractivity contribution in [3.8, 4) is 11.1 Å². The summed E-state index contributed by atoms with van der Waals surface area (Å²) in [4.78, 5) is 7.87. The van der Waals surface area contributed by atoms with Crippen LogP contribution in [0.4, 0.5) is 0 Å². The fourth-order valence-electron chi connectivity index (χ4n) is 3.21. The molecule has 0 radical (unpaired) electrons. The van der Waals surface area contributed by atoms with Crippen molar-refractivity contribution in [1.29, 1.82) is 0 Å². The van der Waals surface area contributed by atoms with Crippen LogP contribution in [0.2, 0.25) is 0 Å². The van der Waals surface area contributed by atoms with Gasteiger partial charge in [0.25, 0.3) is 0 Å². The number of fused-ring (bicyclic) bond motifs is 1.